The Balaban J connectivity index is 1.23. The largest absolute Gasteiger partial charge is 0.369 e. The summed E-state index contributed by atoms with van der Waals surface area (Å²) in [4.78, 5) is 9.02. The van der Waals surface area contributed by atoms with Gasteiger partial charge in [0.1, 0.15) is 0 Å². The quantitative estimate of drug-likeness (QED) is 0.659. The van der Waals surface area contributed by atoms with E-state index in [1.54, 1.807) is 22.5 Å². The molecule has 0 amide bonds. The van der Waals surface area contributed by atoms with Crippen molar-refractivity contribution in [2.45, 2.75) is 12.8 Å². The number of nitrogens with zero attached hydrogens (tertiary/aromatic N) is 4. The van der Waals surface area contributed by atoms with Crippen molar-refractivity contribution in [1.82, 2.24) is 14.2 Å². The summed E-state index contributed by atoms with van der Waals surface area (Å²) < 4.78 is 27.0. The minimum absolute atomic E-state index is 0.555. The first-order valence-electron chi connectivity index (χ1n) is 10.8. The van der Waals surface area contributed by atoms with E-state index in [2.05, 4.69) is 26.9 Å². The van der Waals surface area contributed by atoms with Crippen LogP contribution in [-0.4, -0.2) is 68.4 Å². The van der Waals surface area contributed by atoms with Crippen molar-refractivity contribution in [2.24, 2.45) is 5.92 Å². The number of pyridine rings is 1. The number of piperazine rings is 1. The molecule has 2 aliphatic rings. The number of anilines is 1. The SMILES string of the molecule is O=S(=O)(C=Cc1ccc(Cl)cc1)N1CCC(CN2CCN(c3ccncc3)CC2)CC1. The zero-order chi connectivity index (χ0) is 21.7. The molecule has 6 nitrogen and oxygen atoms in total. The molecule has 0 saturated carbocycles. The Labute approximate surface area is 190 Å². The Hall–Kier alpha value is -1.93. The van der Waals surface area contributed by atoms with Gasteiger partial charge in [0.2, 0.25) is 10.0 Å². The predicted molar refractivity (Wildman–Crippen MR) is 127 cm³/mol. The molecule has 31 heavy (non-hydrogen) atoms. The molecule has 0 aliphatic carbocycles. The molecule has 3 heterocycles. The van der Waals surface area contributed by atoms with E-state index in [1.807, 2.05) is 24.5 Å². The van der Waals surface area contributed by atoms with Gasteiger partial charge in [0.05, 0.1) is 0 Å². The number of aromatic nitrogens is 1. The van der Waals surface area contributed by atoms with Gasteiger partial charge in [-0.1, -0.05) is 23.7 Å². The van der Waals surface area contributed by atoms with E-state index < -0.39 is 10.0 Å². The molecule has 2 saturated heterocycles. The van der Waals surface area contributed by atoms with Crippen molar-refractivity contribution in [3.8, 4) is 0 Å². The van der Waals surface area contributed by atoms with Gasteiger partial charge in [-0.25, -0.2) is 8.42 Å². The van der Waals surface area contributed by atoms with Crippen LogP contribution in [0.15, 0.2) is 54.2 Å². The third kappa shape index (κ3) is 6.07. The zero-order valence-corrected chi connectivity index (χ0v) is 19.2. The fourth-order valence-electron chi connectivity index (χ4n) is 4.28. The van der Waals surface area contributed by atoms with Gasteiger partial charge in [-0.2, -0.15) is 4.31 Å². The smallest absolute Gasteiger partial charge is 0.236 e. The topological polar surface area (TPSA) is 56.8 Å². The summed E-state index contributed by atoms with van der Waals surface area (Å²) >= 11 is 5.88. The Morgan fingerprint density at radius 3 is 2.23 bits per heavy atom. The molecule has 166 valence electrons. The molecule has 0 unspecified atom stereocenters. The molecule has 0 spiro atoms. The number of halogens is 1. The van der Waals surface area contributed by atoms with E-state index in [0.29, 0.717) is 24.0 Å². The predicted octanol–water partition coefficient (Wildman–Crippen LogP) is 3.57. The molecule has 1 aromatic heterocycles. The Morgan fingerprint density at radius 2 is 1.58 bits per heavy atom. The summed E-state index contributed by atoms with van der Waals surface area (Å²) in [5.74, 6) is 0.555. The van der Waals surface area contributed by atoms with Crippen LogP contribution in [0.3, 0.4) is 0 Å². The van der Waals surface area contributed by atoms with Crippen LogP contribution < -0.4 is 4.90 Å². The molecule has 0 bridgehead atoms. The third-order valence-electron chi connectivity index (χ3n) is 6.15. The highest BCUT2D eigenvalue weighted by Crippen LogP contribution is 2.23. The molecular formula is C23H29ClN4O2S. The van der Waals surface area contributed by atoms with Gasteiger partial charge in [-0.15, -0.1) is 0 Å². The van der Waals surface area contributed by atoms with E-state index in [9.17, 15) is 8.42 Å². The standard InChI is InChI=1S/C23H29ClN4O2S/c24-22-3-1-20(2-4-22)9-18-31(29,30)28-12-7-21(8-13-28)19-26-14-16-27(17-15-26)23-5-10-25-11-6-23/h1-6,9-11,18,21H,7-8,12-17,19H2. The van der Waals surface area contributed by atoms with Gasteiger partial charge < -0.3 is 4.90 Å². The normalized spacial score (nSPS) is 19.8. The second-order valence-electron chi connectivity index (χ2n) is 8.23. The summed E-state index contributed by atoms with van der Waals surface area (Å²) in [7, 11) is -3.39. The van der Waals surface area contributed by atoms with Crippen LogP contribution in [-0.2, 0) is 10.0 Å². The second-order valence-corrected chi connectivity index (χ2v) is 10.5. The minimum Gasteiger partial charge on any atom is -0.369 e. The van der Waals surface area contributed by atoms with Crippen LogP contribution in [0.5, 0.6) is 0 Å². The lowest BCUT2D eigenvalue weighted by Crippen LogP contribution is -2.49. The van der Waals surface area contributed by atoms with Crippen LogP contribution in [0.1, 0.15) is 18.4 Å². The average Bonchev–Trinajstić information content (AvgIpc) is 2.80. The second kappa shape index (κ2) is 10.1. The van der Waals surface area contributed by atoms with E-state index >= 15 is 0 Å². The highest BCUT2D eigenvalue weighted by molar-refractivity contribution is 7.92. The molecule has 2 aromatic rings. The van der Waals surface area contributed by atoms with Gasteiger partial charge in [-0.05, 0) is 54.7 Å². The number of piperidine rings is 1. The monoisotopic (exact) mass is 460 g/mol. The maximum Gasteiger partial charge on any atom is 0.236 e. The zero-order valence-electron chi connectivity index (χ0n) is 17.6. The highest BCUT2D eigenvalue weighted by Gasteiger charge is 2.28. The van der Waals surface area contributed by atoms with Gasteiger partial charge in [0.25, 0.3) is 0 Å². The maximum absolute atomic E-state index is 12.7. The molecule has 2 fully saturated rings. The summed E-state index contributed by atoms with van der Waals surface area (Å²) in [6.45, 7) is 6.37. The van der Waals surface area contributed by atoms with Crippen molar-refractivity contribution in [3.63, 3.8) is 0 Å². The Bertz CT molecular complexity index is 966. The van der Waals surface area contributed by atoms with Gasteiger partial charge >= 0.3 is 0 Å². The summed E-state index contributed by atoms with van der Waals surface area (Å²) in [5, 5.41) is 1.95. The van der Waals surface area contributed by atoms with Crippen LogP contribution in [0.4, 0.5) is 5.69 Å². The molecule has 0 N–H and O–H groups in total. The molecule has 2 aliphatic heterocycles. The van der Waals surface area contributed by atoms with E-state index in [1.165, 1.54) is 11.1 Å². The first kappa shape index (κ1) is 22.3. The average molecular weight is 461 g/mol. The van der Waals surface area contributed by atoms with Gasteiger partial charge in [-0.3, -0.25) is 9.88 Å². The van der Waals surface area contributed by atoms with Crippen LogP contribution in [0.25, 0.3) is 6.08 Å². The number of sulfonamides is 1. The van der Waals surface area contributed by atoms with Crippen molar-refractivity contribution >= 4 is 33.4 Å². The van der Waals surface area contributed by atoms with Crippen molar-refractivity contribution in [2.75, 3.05) is 50.7 Å². The van der Waals surface area contributed by atoms with Crippen molar-refractivity contribution in [1.29, 1.82) is 0 Å². The fourth-order valence-corrected chi connectivity index (χ4v) is 5.63. The maximum atomic E-state index is 12.7. The lowest BCUT2D eigenvalue weighted by molar-refractivity contribution is 0.176. The summed E-state index contributed by atoms with van der Waals surface area (Å²) in [5.41, 5.74) is 2.06. The van der Waals surface area contributed by atoms with E-state index in [4.69, 9.17) is 11.6 Å². The number of rotatable bonds is 6. The van der Waals surface area contributed by atoms with Crippen LogP contribution in [0, 0.1) is 5.92 Å². The van der Waals surface area contributed by atoms with Crippen molar-refractivity contribution < 1.29 is 8.42 Å². The molecule has 1 aromatic carbocycles. The number of hydrogen-bond donors (Lipinski definition) is 0. The fraction of sp³-hybridized carbons (Fsp3) is 0.435. The van der Waals surface area contributed by atoms with Gasteiger partial charge in [0.15, 0.2) is 0 Å². The van der Waals surface area contributed by atoms with Crippen LogP contribution in [0.2, 0.25) is 5.02 Å². The third-order valence-corrected chi connectivity index (χ3v) is 7.97. The summed E-state index contributed by atoms with van der Waals surface area (Å²) in [6.07, 6.45) is 7.15. The number of benzene rings is 1. The molecule has 8 heteroatoms. The molecule has 0 atom stereocenters. The Kier molecular flexibility index (Phi) is 7.27. The van der Waals surface area contributed by atoms with Crippen molar-refractivity contribution in [3.05, 3.63) is 64.8 Å². The van der Waals surface area contributed by atoms with E-state index in [0.717, 1.165) is 51.1 Å². The van der Waals surface area contributed by atoms with Gasteiger partial charge in [0, 0.05) is 74.3 Å². The minimum atomic E-state index is -3.39. The summed E-state index contributed by atoms with van der Waals surface area (Å²) in [6, 6.07) is 11.3. The number of hydrogen-bond acceptors (Lipinski definition) is 5. The molecule has 4 rings (SSSR count). The lowest BCUT2D eigenvalue weighted by Gasteiger charge is -2.39. The highest BCUT2D eigenvalue weighted by atomic mass is 35.5. The molecular weight excluding hydrogens is 432 g/mol. The Morgan fingerprint density at radius 1 is 0.935 bits per heavy atom. The lowest BCUT2D eigenvalue weighted by atomic mass is 9.97. The molecule has 0 radical (unpaired) electrons. The first-order valence-corrected chi connectivity index (χ1v) is 12.7. The van der Waals surface area contributed by atoms with Crippen LogP contribution >= 0.6 is 11.6 Å². The van der Waals surface area contributed by atoms with E-state index in [-0.39, 0.29) is 0 Å². The first-order chi connectivity index (χ1) is 15.0.